The third-order valence-electron chi connectivity index (χ3n) is 0.623. The van der Waals surface area contributed by atoms with Crippen molar-refractivity contribution < 1.29 is 0 Å². The lowest BCUT2D eigenvalue weighted by Gasteiger charge is -1.86. The molecule has 0 unspecified atom stereocenters. The van der Waals surface area contributed by atoms with Crippen LogP contribution in [0.3, 0.4) is 0 Å². The fourth-order valence-electron chi connectivity index (χ4n) is 0.298. The van der Waals surface area contributed by atoms with Crippen LogP contribution in [-0.2, 0) is 0 Å². The number of aromatic nitrogens is 2. The van der Waals surface area contributed by atoms with Crippen LogP contribution in [0.4, 0.5) is 0 Å². The number of hydrogen-bond donors (Lipinski definition) is 0. The fourth-order valence-corrected chi connectivity index (χ4v) is 0.495. The van der Waals surface area contributed by atoms with E-state index in [4.69, 9.17) is 23.2 Å². The normalized spacial score (nSPS) is 8.22. The Kier molecular flexibility index (Phi) is 3.86. The minimum Gasteiger partial charge on any atom is -0.243 e. The largest absolute Gasteiger partial charge is 0.243 e. The third-order valence-corrected chi connectivity index (χ3v) is 1.30. The van der Waals surface area contributed by atoms with E-state index in [9.17, 15) is 0 Å². The molecule has 1 rings (SSSR count). The first kappa shape index (κ1) is 8.95. The molecule has 0 saturated carbocycles. The van der Waals surface area contributed by atoms with Gasteiger partial charge >= 0.3 is 0 Å². The van der Waals surface area contributed by atoms with E-state index in [0.29, 0.717) is 10.2 Å². The second-order valence-corrected chi connectivity index (χ2v) is 1.93. The zero-order valence-corrected chi connectivity index (χ0v) is 6.54. The van der Waals surface area contributed by atoms with Crippen LogP contribution in [0.1, 0.15) is 0 Å². The maximum Gasteiger partial charge on any atom is 0.151 e. The van der Waals surface area contributed by atoms with Gasteiger partial charge in [0, 0.05) is 0 Å². The lowest BCUT2D eigenvalue weighted by atomic mass is 10.7. The molecule has 0 aliphatic carbocycles. The molecule has 0 aromatic carbocycles. The highest BCUT2D eigenvalue weighted by molar-refractivity contribution is 6.40. The Morgan fingerprint density at radius 3 is 2.33 bits per heavy atom. The summed E-state index contributed by atoms with van der Waals surface area (Å²) < 4.78 is 0. The van der Waals surface area contributed by atoms with Gasteiger partial charge in [-0.25, -0.2) is 9.97 Å². The van der Waals surface area contributed by atoms with Crippen molar-refractivity contribution in [3.05, 3.63) is 22.7 Å². The zero-order valence-electron chi connectivity index (χ0n) is 4.21. The van der Waals surface area contributed by atoms with Crippen molar-refractivity contribution in [2.75, 3.05) is 0 Å². The van der Waals surface area contributed by atoms with Gasteiger partial charge in [0.15, 0.2) is 5.15 Å². The predicted molar refractivity (Wildman–Crippen MR) is 39.3 cm³/mol. The van der Waals surface area contributed by atoms with Gasteiger partial charge in [0.05, 0.1) is 11.2 Å². The van der Waals surface area contributed by atoms with Gasteiger partial charge in [-0.15, -0.1) is 12.4 Å². The molecule has 0 fully saturated rings. The Morgan fingerprint density at radius 2 is 2.00 bits per heavy atom. The molecular formula is C4H3Cl3N2. The van der Waals surface area contributed by atoms with Gasteiger partial charge in [-0.2, -0.15) is 0 Å². The molecule has 1 aromatic rings. The van der Waals surface area contributed by atoms with E-state index in [1.165, 1.54) is 12.5 Å². The molecule has 0 bridgehead atoms. The standard InChI is InChI=1S/C4H2Cl2N2.ClH/c5-3-1-7-2-8-4(3)6;/h1-2H;1H. The topological polar surface area (TPSA) is 25.8 Å². The van der Waals surface area contributed by atoms with E-state index in [1.54, 1.807) is 0 Å². The summed E-state index contributed by atoms with van der Waals surface area (Å²) in [5, 5.41) is 0.677. The molecular weight excluding hydrogens is 182 g/mol. The van der Waals surface area contributed by atoms with Gasteiger partial charge in [0.2, 0.25) is 0 Å². The van der Waals surface area contributed by atoms with Crippen molar-refractivity contribution in [1.82, 2.24) is 9.97 Å². The Hall–Kier alpha value is -0.0500. The summed E-state index contributed by atoms with van der Waals surface area (Å²) in [6.07, 6.45) is 2.78. The van der Waals surface area contributed by atoms with Crippen LogP contribution in [0.2, 0.25) is 10.2 Å². The average Bonchev–Trinajstić information content (AvgIpc) is 1.77. The van der Waals surface area contributed by atoms with Crippen LogP contribution in [-0.4, -0.2) is 9.97 Å². The second-order valence-electron chi connectivity index (χ2n) is 1.16. The fraction of sp³-hybridized carbons (Fsp3) is 0. The molecule has 5 heteroatoms. The molecule has 1 aromatic heterocycles. The quantitative estimate of drug-likeness (QED) is 0.579. The summed E-state index contributed by atoms with van der Waals surface area (Å²) in [4.78, 5) is 7.22. The van der Waals surface area contributed by atoms with Crippen LogP contribution in [0.25, 0.3) is 0 Å². The minimum absolute atomic E-state index is 0. The van der Waals surface area contributed by atoms with Crippen LogP contribution in [0.5, 0.6) is 0 Å². The lowest BCUT2D eigenvalue weighted by Crippen LogP contribution is -1.76. The third kappa shape index (κ3) is 2.35. The van der Waals surface area contributed by atoms with Crippen LogP contribution in [0.15, 0.2) is 12.5 Å². The van der Waals surface area contributed by atoms with Crippen molar-refractivity contribution >= 4 is 35.6 Å². The average molecular weight is 185 g/mol. The maximum absolute atomic E-state index is 5.45. The van der Waals surface area contributed by atoms with Gasteiger partial charge in [0.1, 0.15) is 6.33 Å². The summed E-state index contributed by atoms with van der Waals surface area (Å²) in [6, 6.07) is 0. The molecule has 0 amide bonds. The zero-order chi connectivity index (χ0) is 5.98. The first-order valence-electron chi connectivity index (χ1n) is 1.91. The highest BCUT2D eigenvalue weighted by Gasteiger charge is 1.92. The first-order valence-corrected chi connectivity index (χ1v) is 2.67. The Morgan fingerprint density at radius 1 is 1.33 bits per heavy atom. The Balaban J connectivity index is 0.000000640. The molecule has 2 nitrogen and oxygen atoms in total. The molecule has 1 heterocycles. The molecule has 0 atom stereocenters. The van der Waals surface area contributed by atoms with Crippen molar-refractivity contribution in [3.8, 4) is 0 Å². The summed E-state index contributed by atoms with van der Waals surface area (Å²) in [7, 11) is 0. The molecule has 9 heavy (non-hydrogen) atoms. The molecule has 0 N–H and O–H groups in total. The summed E-state index contributed by atoms with van der Waals surface area (Å²) in [6.45, 7) is 0. The van der Waals surface area contributed by atoms with E-state index in [1.807, 2.05) is 0 Å². The van der Waals surface area contributed by atoms with E-state index < -0.39 is 0 Å². The highest BCUT2D eigenvalue weighted by Crippen LogP contribution is 2.14. The molecule has 0 aliphatic rings. The van der Waals surface area contributed by atoms with E-state index >= 15 is 0 Å². The summed E-state index contributed by atoms with van der Waals surface area (Å²) in [5.41, 5.74) is 0. The predicted octanol–water partition coefficient (Wildman–Crippen LogP) is 2.21. The first-order chi connectivity index (χ1) is 3.80. The van der Waals surface area contributed by atoms with Crippen LogP contribution in [0, 0.1) is 0 Å². The minimum atomic E-state index is 0. The van der Waals surface area contributed by atoms with Crippen molar-refractivity contribution in [3.63, 3.8) is 0 Å². The van der Waals surface area contributed by atoms with E-state index in [0.717, 1.165) is 0 Å². The highest BCUT2D eigenvalue weighted by atomic mass is 35.5. The molecule has 0 radical (unpaired) electrons. The van der Waals surface area contributed by atoms with Crippen molar-refractivity contribution in [2.24, 2.45) is 0 Å². The van der Waals surface area contributed by atoms with Gasteiger partial charge < -0.3 is 0 Å². The van der Waals surface area contributed by atoms with Crippen LogP contribution >= 0.6 is 35.6 Å². The van der Waals surface area contributed by atoms with Crippen molar-refractivity contribution in [2.45, 2.75) is 0 Å². The van der Waals surface area contributed by atoms with Crippen molar-refractivity contribution in [1.29, 1.82) is 0 Å². The molecule has 0 spiro atoms. The SMILES string of the molecule is Cl.Clc1cncnc1Cl. The maximum atomic E-state index is 5.45. The van der Waals surface area contributed by atoms with Gasteiger partial charge in [-0.1, -0.05) is 23.2 Å². The lowest BCUT2D eigenvalue weighted by molar-refractivity contribution is 1.17. The van der Waals surface area contributed by atoms with Gasteiger partial charge in [0.25, 0.3) is 0 Å². The van der Waals surface area contributed by atoms with E-state index in [2.05, 4.69) is 9.97 Å². The van der Waals surface area contributed by atoms with E-state index in [-0.39, 0.29) is 12.4 Å². The molecule has 0 aliphatic heterocycles. The second kappa shape index (κ2) is 3.88. The van der Waals surface area contributed by atoms with Gasteiger partial charge in [-0.05, 0) is 0 Å². The monoisotopic (exact) mass is 184 g/mol. The van der Waals surface area contributed by atoms with Gasteiger partial charge in [-0.3, -0.25) is 0 Å². The number of rotatable bonds is 0. The number of halogens is 3. The number of hydrogen-bond acceptors (Lipinski definition) is 2. The molecule has 0 saturated heterocycles. The van der Waals surface area contributed by atoms with Crippen LogP contribution < -0.4 is 0 Å². The summed E-state index contributed by atoms with van der Waals surface area (Å²) >= 11 is 10.9. The number of nitrogens with zero attached hydrogens (tertiary/aromatic N) is 2. The molecule has 50 valence electrons. The Labute approximate surface area is 68.6 Å². The summed E-state index contributed by atoms with van der Waals surface area (Å²) in [5.74, 6) is 0. The Bertz CT molecular complexity index is 170. The smallest absolute Gasteiger partial charge is 0.151 e.